The Kier molecular flexibility index (Phi) is 2.33. The van der Waals surface area contributed by atoms with E-state index in [4.69, 9.17) is 0 Å². The van der Waals surface area contributed by atoms with E-state index in [0.29, 0.717) is 6.04 Å². The highest BCUT2D eigenvalue weighted by Gasteiger charge is 2.17. The van der Waals surface area contributed by atoms with E-state index in [9.17, 15) is 0 Å². The van der Waals surface area contributed by atoms with Gasteiger partial charge < -0.3 is 10.2 Å². The van der Waals surface area contributed by atoms with Gasteiger partial charge in [0.15, 0.2) is 0 Å². The van der Waals surface area contributed by atoms with Crippen LogP contribution in [-0.4, -0.2) is 25.7 Å². The maximum atomic E-state index is 3.39. The molecule has 1 saturated heterocycles. The van der Waals surface area contributed by atoms with Gasteiger partial charge in [0.2, 0.25) is 0 Å². The molecule has 3 heteroatoms. The minimum atomic E-state index is 0.633. The molecular formula is C9H14N2S. The zero-order valence-corrected chi connectivity index (χ0v) is 8.10. The van der Waals surface area contributed by atoms with Crippen LogP contribution >= 0.6 is 11.3 Å². The van der Waals surface area contributed by atoms with E-state index in [0.717, 1.165) is 19.6 Å². The van der Waals surface area contributed by atoms with E-state index in [1.807, 2.05) is 0 Å². The predicted molar refractivity (Wildman–Crippen MR) is 54.0 cm³/mol. The van der Waals surface area contributed by atoms with Gasteiger partial charge >= 0.3 is 0 Å². The Morgan fingerprint density at radius 3 is 3.25 bits per heavy atom. The first-order valence-corrected chi connectivity index (χ1v) is 5.32. The van der Waals surface area contributed by atoms with Gasteiger partial charge in [-0.1, -0.05) is 0 Å². The molecule has 1 N–H and O–H groups in total. The molecule has 1 unspecified atom stereocenters. The van der Waals surface area contributed by atoms with Crippen LogP contribution in [0.25, 0.3) is 0 Å². The Bertz CT molecular complexity index is 233. The molecule has 66 valence electrons. The van der Waals surface area contributed by atoms with Crippen LogP contribution < -0.4 is 10.2 Å². The minimum absolute atomic E-state index is 0.633. The summed E-state index contributed by atoms with van der Waals surface area (Å²) in [6.07, 6.45) is 0. The molecule has 2 heterocycles. The van der Waals surface area contributed by atoms with E-state index < -0.39 is 0 Å². The number of piperazine rings is 1. The molecule has 0 saturated carbocycles. The fraction of sp³-hybridized carbons (Fsp3) is 0.556. The van der Waals surface area contributed by atoms with Gasteiger partial charge in [0.25, 0.3) is 0 Å². The van der Waals surface area contributed by atoms with E-state index >= 15 is 0 Å². The molecule has 2 nitrogen and oxygen atoms in total. The molecule has 0 aromatic carbocycles. The lowest BCUT2D eigenvalue weighted by Crippen LogP contribution is -2.49. The topological polar surface area (TPSA) is 15.3 Å². The summed E-state index contributed by atoms with van der Waals surface area (Å²) in [6, 6.07) is 2.83. The van der Waals surface area contributed by atoms with Gasteiger partial charge in [-0.15, -0.1) is 0 Å². The van der Waals surface area contributed by atoms with Crippen molar-refractivity contribution in [2.24, 2.45) is 0 Å². The van der Waals surface area contributed by atoms with Crippen LogP contribution in [0.4, 0.5) is 5.69 Å². The molecule has 0 radical (unpaired) electrons. The Morgan fingerprint density at radius 1 is 1.67 bits per heavy atom. The van der Waals surface area contributed by atoms with Crippen molar-refractivity contribution >= 4 is 17.0 Å². The highest BCUT2D eigenvalue weighted by molar-refractivity contribution is 7.08. The molecule has 1 aromatic rings. The first-order valence-electron chi connectivity index (χ1n) is 4.37. The van der Waals surface area contributed by atoms with Crippen LogP contribution in [0.15, 0.2) is 16.8 Å². The molecule has 0 amide bonds. The minimum Gasteiger partial charge on any atom is -0.366 e. The maximum absolute atomic E-state index is 3.39. The SMILES string of the molecule is CC1CNCCN1c1ccsc1. The summed E-state index contributed by atoms with van der Waals surface area (Å²) in [5, 5.41) is 7.76. The van der Waals surface area contributed by atoms with Gasteiger partial charge in [0, 0.05) is 36.7 Å². The molecule has 0 aliphatic carbocycles. The zero-order chi connectivity index (χ0) is 8.39. The summed E-state index contributed by atoms with van der Waals surface area (Å²) >= 11 is 1.77. The normalized spacial score (nSPS) is 24.4. The summed E-state index contributed by atoms with van der Waals surface area (Å²) in [6.45, 7) is 5.62. The first-order chi connectivity index (χ1) is 5.88. The second-order valence-electron chi connectivity index (χ2n) is 3.23. The van der Waals surface area contributed by atoms with Gasteiger partial charge in [-0.3, -0.25) is 0 Å². The van der Waals surface area contributed by atoms with Crippen molar-refractivity contribution in [2.45, 2.75) is 13.0 Å². The molecule has 0 bridgehead atoms. The quantitative estimate of drug-likeness (QED) is 0.709. The van der Waals surface area contributed by atoms with Crippen LogP contribution in [0.2, 0.25) is 0 Å². The largest absolute Gasteiger partial charge is 0.366 e. The van der Waals surface area contributed by atoms with Crippen LogP contribution in [0.5, 0.6) is 0 Å². The molecule has 1 aromatic heterocycles. The lowest BCUT2D eigenvalue weighted by atomic mass is 10.2. The van der Waals surface area contributed by atoms with Gasteiger partial charge in [0.05, 0.1) is 0 Å². The van der Waals surface area contributed by atoms with Crippen LogP contribution in [0.3, 0.4) is 0 Å². The Labute approximate surface area is 77.2 Å². The van der Waals surface area contributed by atoms with Crippen molar-refractivity contribution < 1.29 is 0 Å². The van der Waals surface area contributed by atoms with E-state index in [2.05, 4.69) is 34.0 Å². The second kappa shape index (κ2) is 3.46. The van der Waals surface area contributed by atoms with Gasteiger partial charge in [0.1, 0.15) is 0 Å². The Balaban J connectivity index is 2.11. The molecular weight excluding hydrogens is 168 g/mol. The van der Waals surface area contributed by atoms with Gasteiger partial charge in [-0.2, -0.15) is 11.3 Å². The average molecular weight is 182 g/mol. The molecule has 1 aliphatic rings. The lowest BCUT2D eigenvalue weighted by molar-refractivity contribution is 0.501. The van der Waals surface area contributed by atoms with Crippen molar-refractivity contribution in [3.63, 3.8) is 0 Å². The smallest absolute Gasteiger partial charge is 0.0478 e. The molecule has 12 heavy (non-hydrogen) atoms. The van der Waals surface area contributed by atoms with E-state index in [-0.39, 0.29) is 0 Å². The monoisotopic (exact) mass is 182 g/mol. The Hall–Kier alpha value is -0.540. The standard InChI is InChI=1S/C9H14N2S/c1-8-6-10-3-4-11(8)9-2-5-12-7-9/h2,5,7-8,10H,3-4,6H2,1H3. The number of nitrogens with zero attached hydrogens (tertiary/aromatic N) is 1. The fourth-order valence-electron chi connectivity index (χ4n) is 1.65. The zero-order valence-electron chi connectivity index (χ0n) is 7.29. The molecule has 2 rings (SSSR count). The average Bonchev–Trinajstić information content (AvgIpc) is 2.57. The van der Waals surface area contributed by atoms with Gasteiger partial charge in [-0.05, 0) is 18.4 Å². The van der Waals surface area contributed by atoms with Crippen molar-refractivity contribution in [1.29, 1.82) is 0 Å². The van der Waals surface area contributed by atoms with Crippen LogP contribution in [-0.2, 0) is 0 Å². The van der Waals surface area contributed by atoms with Crippen molar-refractivity contribution in [1.82, 2.24) is 5.32 Å². The first kappa shape index (κ1) is 8.08. The highest BCUT2D eigenvalue weighted by Crippen LogP contribution is 2.20. The van der Waals surface area contributed by atoms with E-state index in [1.165, 1.54) is 5.69 Å². The van der Waals surface area contributed by atoms with Crippen LogP contribution in [0, 0.1) is 0 Å². The number of hydrogen-bond acceptors (Lipinski definition) is 3. The third kappa shape index (κ3) is 1.47. The molecule has 1 atom stereocenters. The van der Waals surface area contributed by atoms with Gasteiger partial charge in [-0.25, -0.2) is 0 Å². The highest BCUT2D eigenvalue weighted by atomic mass is 32.1. The van der Waals surface area contributed by atoms with E-state index in [1.54, 1.807) is 11.3 Å². The summed E-state index contributed by atoms with van der Waals surface area (Å²) in [5.74, 6) is 0. The molecule has 0 spiro atoms. The van der Waals surface area contributed by atoms with Crippen LogP contribution in [0.1, 0.15) is 6.92 Å². The predicted octanol–water partition coefficient (Wildman–Crippen LogP) is 1.55. The maximum Gasteiger partial charge on any atom is 0.0478 e. The van der Waals surface area contributed by atoms with Crippen molar-refractivity contribution in [3.05, 3.63) is 16.8 Å². The number of nitrogens with one attached hydrogen (secondary N) is 1. The summed E-state index contributed by atoms with van der Waals surface area (Å²) in [4.78, 5) is 2.47. The summed E-state index contributed by atoms with van der Waals surface area (Å²) < 4.78 is 0. The number of anilines is 1. The third-order valence-electron chi connectivity index (χ3n) is 2.34. The number of thiophene rings is 1. The molecule has 1 fully saturated rings. The number of rotatable bonds is 1. The molecule has 1 aliphatic heterocycles. The van der Waals surface area contributed by atoms with Crippen molar-refractivity contribution in [2.75, 3.05) is 24.5 Å². The second-order valence-corrected chi connectivity index (χ2v) is 4.01. The third-order valence-corrected chi connectivity index (χ3v) is 3.01. The fourth-order valence-corrected chi connectivity index (χ4v) is 2.30. The summed E-state index contributed by atoms with van der Waals surface area (Å²) in [5.41, 5.74) is 1.38. The Morgan fingerprint density at radius 2 is 2.58 bits per heavy atom. The lowest BCUT2D eigenvalue weighted by Gasteiger charge is -2.35. The number of hydrogen-bond donors (Lipinski definition) is 1. The summed E-state index contributed by atoms with van der Waals surface area (Å²) in [7, 11) is 0. The van der Waals surface area contributed by atoms with Crippen molar-refractivity contribution in [3.8, 4) is 0 Å².